The summed E-state index contributed by atoms with van der Waals surface area (Å²) in [6.07, 6.45) is 3.02. The summed E-state index contributed by atoms with van der Waals surface area (Å²) < 4.78 is 15.4. The second-order valence-corrected chi connectivity index (χ2v) is 4.67. The van der Waals surface area contributed by atoms with Crippen LogP contribution in [0.3, 0.4) is 0 Å². The van der Waals surface area contributed by atoms with Crippen LogP contribution in [0.1, 0.15) is 26.6 Å². The highest BCUT2D eigenvalue weighted by Gasteiger charge is 2.19. The highest BCUT2D eigenvalue weighted by Crippen LogP contribution is 2.24. The first kappa shape index (κ1) is 10.1. The van der Waals surface area contributed by atoms with E-state index in [1.54, 1.807) is 6.92 Å². The van der Waals surface area contributed by atoms with E-state index in [0.29, 0.717) is 16.9 Å². The molecule has 3 nitrogen and oxygen atoms in total. The van der Waals surface area contributed by atoms with Crippen molar-refractivity contribution < 1.29 is 4.39 Å². The Morgan fingerprint density at radius 3 is 2.60 bits per heavy atom. The first-order chi connectivity index (χ1) is 6.89. The monoisotopic (exact) mass is 207 g/mol. The van der Waals surface area contributed by atoms with Crippen LogP contribution in [0.15, 0.2) is 12.4 Å². The van der Waals surface area contributed by atoms with E-state index in [9.17, 15) is 4.39 Å². The van der Waals surface area contributed by atoms with Crippen LogP contribution < -0.4 is 0 Å². The van der Waals surface area contributed by atoms with Crippen molar-refractivity contribution in [3.63, 3.8) is 0 Å². The van der Waals surface area contributed by atoms with Gasteiger partial charge in [0.1, 0.15) is 11.5 Å². The summed E-state index contributed by atoms with van der Waals surface area (Å²) in [4.78, 5) is 8.27. The van der Waals surface area contributed by atoms with Gasteiger partial charge in [-0.1, -0.05) is 0 Å². The molecule has 0 aromatic carbocycles. The molecule has 0 fully saturated rings. The molecular weight excluding hydrogens is 193 g/mol. The van der Waals surface area contributed by atoms with Gasteiger partial charge < -0.3 is 4.57 Å². The summed E-state index contributed by atoms with van der Waals surface area (Å²) >= 11 is 0. The van der Waals surface area contributed by atoms with Crippen LogP contribution >= 0.6 is 0 Å². The van der Waals surface area contributed by atoms with E-state index < -0.39 is 0 Å². The molecule has 0 aliphatic carbocycles. The molecule has 15 heavy (non-hydrogen) atoms. The molecule has 0 atom stereocenters. The normalized spacial score (nSPS) is 12.3. The fraction of sp³-hybridized carbons (Fsp3) is 0.455. The van der Waals surface area contributed by atoms with Crippen LogP contribution in [0.2, 0.25) is 0 Å². The first-order valence-electron chi connectivity index (χ1n) is 4.90. The number of hydrogen-bond donors (Lipinski definition) is 0. The van der Waals surface area contributed by atoms with Gasteiger partial charge in [0.2, 0.25) is 0 Å². The van der Waals surface area contributed by atoms with Crippen molar-refractivity contribution in [3.05, 3.63) is 24.0 Å². The van der Waals surface area contributed by atoms with Crippen molar-refractivity contribution in [3.8, 4) is 0 Å². The van der Waals surface area contributed by atoms with E-state index in [1.807, 2.05) is 25.3 Å². The van der Waals surface area contributed by atoms with E-state index in [4.69, 9.17) is 0 Å². The quantitative estimate of drug-likeness (QED) is 0.664. The lowest BCUT2D eigenvalue weighted by Crippen LogP contribution is -2.21. The summed E-state index contributed by atoms with van der Waals surface area (Å²) in [5.74, 6) is 0.394. The van der Waals surface area contributed by atoms with Gasteiger partial charge in [-0.15, -0.1) is 0 Å². The molecule has 4 heteroatoms. The van der Waals surface area contributed by atoms with Crippen LogP contribution in [0.5, 0.6) is 0 Å². The maximum atomic E-state index is 13.6. The molecule has 0 N–H and O–H groups in total. The van der Waals surface area contributed by atoms with Gasteiger partial charge in [0.15, 0.2) is 5.82 Å². The zero-order valence-electron chi connectivity index (χ0n) is 9.37. The number of aryl methyl sites for hydroxylation is 1. The van der Waals surface area contributed by atoms with E-state index in [0.717, 1.165) is 0 Å². The molecule has 2 aromatic rings. The van der Waals surface area contributed by atoms with E-state index in [1.165, 1.54) is 12.4 Å². The molecule has 2 aromatic heterocycles. The molecule has 0 unspecified atom stereocenters. The van der Waals surface area contributed by atoms with Crippen molar-refractivity contribution >= 4 is 11.0 Å². The molecule has 0 amide bonds. The van der Waals surface area contributed by atoms with E-state index in [-0.39, 0.29) is 11.4 Å². The predicted molar refractivity (Wildman–Crippen MR) is 57.2 cm³/mol. The van der Waals surface area contributed by atoms with E-state index in [2.05, 4.69) is 9.97 Å². The lowest BCUT2D eigenvalue weighted by molar-refractivity contribution is 0.403. The van der Waals surface area contributed by atoms with Gasteiger partial charge in [-0.25, -0.2) is 14.4 Å². The Morgan fingerprint density at radius 1 is 1.33 bits per heavy atom. The molecule has 0 aliphatic heterocycles. The summed E-state index contributed by atoms with van der Waals surface area (Å²) in [6, 6.07) is 0. The summed E-state index contributed by atoms with van der Waals surface area (Å²) in [5, 5.41) is 0.482. The third kappa shape index (κ3) is 1.60. The minimum Gasteiger partial charge on any atom is -0.324 e. The molecule has 0 radical (unpaired) electrons. The Morgan fingerprint density at radius 2 is 2.00 bits per heavy atom. The number of halogens is 1. The maximum absolute atomic E-state index is 13.6. The molecule has 0 bridgehead atoms. The highest BCUT2D eigenvalue weighted by atomic mass is 19.1. The van der Waals surface area contributed by atoms with Crippen molar-refractivity contribution in [2.75, 3.05) is 0 Å². The summed E-state index contributed by atoms with van der Waals surface area (Å²) in [7, 11) is 0. The van der Waals surface area contributed by atoms with Crippen molar-refractivity contribution in [1.29, 1.82) is 0 Å². The van der Waals surface area contributed by atoms with Crippen LogP contribution in [0.4, 0.5) is 4.39 Å². The number of fused-ring (bicyclic) bond motifs is 1. The van der Waals surface area contributed by atoms with Gasteiger partial charge in [0, 0.05) is 17.9 Å². The summed E-state index contributed by atoms with van der Waals surface area (Å²) in [6.45, 7) is 7.85. The fourth-order valence-corrected chi connectivity index (χ4v) is 1.57. The van der Waals surface area contributed by atoms with Gasteiger partial charge in [-0.05, 0) is 27.7 Å². The number of hydrogen-bond acceptors (Lipinski definition) is 2. The third-order valence-corrected chi connectivity index (χ3v) is 2.34. The van der Waals surface area contributed by atoms with Gasteiger partial charge in [-0.3, -0.25) is 0 Å². The second-order valence-electron chi connectivity index (χ2n) is 4.67. The molecular formula is C11H14FN3. The molecule has 0 saturated carbocycles. The van der Waals surface area contributed by atoms with Gasteiger partial charge in [-0.2, -0.15) is 0 Å². The Bertz CT molecular complexity index is 508. The van der Waals surface area contributed by atoms with Crippen molar-refractivity contribution in [2.45, 2.75) is 33.2 Å². The maximum Gasteiger partial charge on any atom is 0.151 e. The molecule has 0 aliphatic rings. The van der Waals surface area contributed by atoms with E-state index >= 15 is 0 Å². The average molecular weight is 207 g/mol. The van der Waals surface area contributed by atoms with Gasteiger partial charge >= 0.3 is 0 Å². The second kappa shape index (κ2) is 3.02. The van der Waals surface area contributed by atoms with Crippen molar-refractivity contribution in [1.82, 2.24) is 14.5 Å². The molecule has 80 valence electrons. The Kier molecular flexibility index (Phi) is 2.03. The van der Waals surface area contributed by atoms with Crippen LogP contribution in [-0.2, 0) is 5.54 Å². The third-order valence-electron chi connectivity index (χ3n) is 2.34. The number of rotatable bonds is 0. The first-order valence-corrected chi connectivity index (χ1v) is 4.90. The standard InChI is InChI=1S/C11H14FN3/c1-7-13-5-8-9(12)6-15(10(8)14-7)11(2,3)4/h5-6H,1-4H3. The molecule has 2 rings (SSSR count). The minimum atomic E-state index is -0.264. The van der Waals surface area contributed by atoms with Crippen molar-refractivity contribution in [2.24, 2.45) is 0 Å². The smallest absolute Gasteiger partial charge is 0.151 e. The SMILES string of the molecule is Cc1ncc2c(F)cn(C(C)(C)C)c2n1. The molecule has 2 heterocycles. The lowest BCUT2D eigenvalue weighted by atomic mass is 10.1. The predicted octanol–water partition coefficient (Wildman–Crippen LogP) is 2.63. The number of aromatic nitrogens is 3. The average Bonchev–Trinajstić information content (AvgIpc) is 2.42. The van der Waals surface area contributed by atoms with Crippen LogP contribution in [0, 0.1) is 12.7 Å². The number of nitrogens with zero attached hydrogens (tertiary/aromatic N) is 3. The highest BCUT2D eigenvalue weighted by molar-refractivity contribution is 5.76. The van der Waals surface area contributed by atoms with Gasteiger partial charge in [0.05, 0.1) is 5.39 Å². The Labute approximate surface area is 88.0 Å². The van der Waals surface area contributed by atoms with Crippen LogP contribution in [-0.4, -0.2) is 14.5 Å². The zero-order chi connectivity index (χ0) is 11.2. The lowest BCUT2D eigenvalue weighted by Gasteiger charge is -2.21. The van der Waals surface area contributed by atoms with Gasteiger partial charge in [0.25, 0.3) is 0 Å². The summed E-state index contributed by atoms with van der Waals surface area (Å²) in [5.41, 5.74) is 0.483. The molecule has 0 saturated heterocycles. The topological polar surface area (TPSA) is 30.7 Å². The minimum absolute atomic E-state index is 0.177. The Hall–Kier alpha value is -1.45. The Balaban J connectivity index is 2.81. The zero-order valence-corrected chi connectivity index (χ0v) is 9.37. The largest absolute Gasteiger partial charge is 0.324 e. The van der Waals surface area contributed by atoms with Crippen LogP contribution in [0.25, 0.3) is 11.0 Å². The fourth-order valence-electron chi connectivity index (χ4n) is 1.57. The molecule has 0 spiro atoms.